The minimum Gasteiger partial charge on any atom is -0.462 e. The van der Waals surface area contributed by atoms with Crippen molar-refractivity contribution in [2.24, 2.45) is 0 Å². The minimum absolute atomic E-state index is 0.0529. The molecule has 0 N–H and O–H groups in total. The van der Waals surface area contributed by atoms with Crippen LogP contribution in [0.1, 0.15) is 239 Å². The van der Waals surface area contributed by atoms with Gasteiger partial charge in [0.2, 0.25) is 0 Å². The van der Waals surface area contributed by atoms with E-state index in [4.69, 9.17) is 14.2 Å². The van der Waals surface area contributed by atoms with Crippen LogP contribution in [0, 0.1) is 0 Å². The zero-order valence-electron chi connectivity index (χ0n) is 42.0. The summed E-state index contributed by atoms with van der Waals surface area (Å²) >= 11 is 0. The fourth-order valence-electron chi connectivity index (χ4n) is 7.20. The third kappa shape index (κ3) is 51.5. The summed E-state index contributed by atoms with van der Waals surface area (Å²) in [4.78, 5) is 25.4. The number of hydrogen-bond donors (Lipinski definition) is 0. The van der Waals surface area contributed by atoms with Gasteiger partial charge in [-0.15, -0.1) is 0 Å². The maximum absolute atomic E-state index is 12.8. The lowest BCUT2D eigenvalue weighted by molar-refractivity contribution is -0.163. The highest BCUT2D eigenvalue weighted by Gasteiger charge is 2.17. The van der Waals surface area contributed by atoms with Gasteiger partial charge in [0.1, 0.15) is 6.61 Å². The molecule has 1 atom stereocenters. The van der Waals surface area contributed by atoms with Gasteiger partial charge in [0.05, 0.1) is 6.61 Å². The predicted molar refractivity (Wildman–Crippen MR) is 279 cm³/mol. The molecule has 0 unspecified atom stereocenters. The predicted octanol–water partition coefficient (Wildman–Crippen LogP) is 18.2. The Morgan fingerprint density at radius 2 is 0.703 bits per heavy atom. The van der Waals surface area contributed by atoms with Crippen molar-refractivity contribution in [3.8, 4) is 0 Å². The molecule has 5 heteroatoms. The van der Waals surface area contributed by atoms with Gasteiger partial charge in [-0.3, -0.25) is 9.59 Å². The monoisotopic (exact) mass is 889 g/mol. The largest absolute Gasteiger partial charge is 0.462 e. The van der Waals surface area contributed by atoms with Crippen LogP contribution in [0.3, 0.4) is 0 Å². The molecule has 0 radical (unpaired) electrons. The second-order valence-corrected chi connectivity index (χ2v) is 17.4. The normalized spacial score (nSPS) is 13.0. The highest BCUT2D eigenvalue weighted by Crippen LogP contribution is 2.15. The van der Waals surface area contributed by atoms with E-state index < -0.39 is 6.10 Å². The summed E-state index contributed by atoms with van der Waals surface area (Å²) in [6.45, 7) is 7.54. The maximum Gasteiger partial charge on any atom is 0.306 e. The smallest absolute Gasteiger partial charge is 0.306 e. The van der Waals surface area contributed by atoms with E-state index in [1.807, 2.05) is 0 Å². The van der Waals surface area contributed by atoms with E-state index in [0.29, 0.717) is 19.4 Å². The molecule has 0 spiro atoms. The quantitative estimate of drug-likeness (QED) is 0.0346. The number of ether oxygens (including phenoxy) is 3. The number of unbranched alkanes of at least 4 members (excludes halogenated alkanes) is 21. The first-order chi connectivity index (χ1) is 31.6. The van der Waals surface area contributed by atoms with E-state index in [-0.39, 0.29) is 25.2 Å². The van der Waals surface area contributed by atoms with Crippen LogP contribution >= 0.6 is 0 Å². The van der Waals surface area contributed by atoms with Crippen LogP contribution in [0.4, 0.5) is 0 Å². The fourth-order valence-corrected chi connectivity index (χ4v) is 7.20. The summed E-state index contributed by atoms with van der Waals surface area (Å²) in [5.41, 5.74) is 0. The van der Waals surface area contributed by atoms with Crippen LogP contribution < -0.4 is 0 Å². The number of carbonyl (C=O) groups is 2. The lowest BCUT2D eigenvalue weighted by atomic mass is 10.0. The van der Waals surface area contributed by atoms with Gasteiger partial charge >= 0.3 is 11.9 Å². The summed E-state index contributed by atoms with van der Waals surface area (Å²) < 4.78 is 17.4. The Labute approximate surface area is 396 Å². The van der Waals surface area contributed by atoms with E-state index in [9.17, 15) is 9.59 Å². The first-order valence-corrected chi connectivity index (χ1v) is 26.8. The zero-order valence-corrected chi connectivity index (χ0v) is 42.0. The summed E-state index contributed by atoms with van der Waals surface area (Å²) in [5, 5.41) is 0. The van der Waals surface area contributed by atoms with Crippen LogP contribution in [-0.2, 0) is 23.8 Å². The van der Waals surface area contributed by atoms with E-state index in [1.54, 1.807) is 0 Å². The molecule has 0 aliphatic carbocycles. The minimum atomic E-state index is -0.571. The van der Waals surface area contributed by atoms with Crippen LogP contribution in [0.2, 0.25) is 0 Å². The average Bonchev–Trinajstić information content (AvgIpc) is 3.30. The highest BCUT2D eigenvalue weighted by molar-refractivity contribution is 5.70. The third-order valence-corrected chi connectivity index (χ3v) is 11.1. The highest BCUT2D eigenvalue weighted by atomic mass is 16.6. The van der Waals surface area contributed by atoms with E-state index >= 15 is 0 Å². The number of rotatable bonds is 48. The Bertz CT molecular complexity index is 1230. The molecule has 0 saturated carbocycles. The summed E-state index contributed by atoms with van der Waals surface area (Å²) in [6.07, 6.45) is 72.8. The zero-order chi connectivity index (χ0) is 46.3. The maximum atomic E-state index is 12.8. The SMILES string of the molecule is CC/C=C\C/C=C\C/C=C\C/C=C\CCCCCCC(=O)OC[C@@H](COCCCCCCCCCCCCCCCCCC)OC(=O)CCCC/C=C\C/C=C\C/C=C\C/C=C\CC. The van der Waals surface area contributed by atoms with Crippen molar-refractivity contribution in [3.63, 3.8) is 0 Å². The molecule has 0 bridgehead atoms. The molecular formula is C59H100O5. The second-order valence-electron chi connectivity index (χ2n) is 17.4. The summed E-state index contributed by atoms with van der Waals surface area (Å²) in [7, 11) is 0. The third-order valence-electron chi connectivity index (χ3n) is 11.1. The first-order valence-electron chi connectivity index (χ1n) is 26.8. The van der Waals surface area contributed by atoms with Crippen LogP contribution in [-0.4, -0.2) is 37.9 Å². The Morgan fingerprint density at radius 1 is 0.359 bits per heavy atom. The molecule has 5 nitrogen and oxygen atoms in total. The van der Waals surface area contributed by atoms with Crippen LogP contribution in [0.25, 0.3) is 0 Å². The number of carbonyl (C=O) groups excluding carboxylic acids is 2. The topological polar surface area (TPSA) is 61.8 Å². The van der Waals surface area contributed by atoms with Gasteiger partial charge in [-0.25, -0.2) is 0 Å². The number of allylic oxidation sites excluding steroid dienone is 16. The summed E-state index contributed by atoms with van der Waals surface area (Å²) in [5.74, 6) is -0.471. The van der Waals surface area contributed by atoms with Gasteiger partial charge < -0.3 is 14.2 Å². The van der Waals surface area contributed by atoms with Gasteiger partial charge in [0.25, 0.3) is 0 Å². The van der Waals surface area contributed by atoms with Crippen molar-refractivity contribution in [2.75, 3.05) is 19.8 Å². The lowest BCUT2D eigenvalue weighted by Gasteiger charge is -2.18. The Kier molecular flexibility index (Phi) is 51.5. The van der Waals surface area contributed by atoms with Gasteiger partial charge in [0.15, 0.2) is 6.10 Å². The standard InChI is InChI=1S/C59H100O5/c1-4-7-10-13-16-19-22-25-28-30-32-34-37-40-43-46-49-52-58(60)63-56-57(55-62-54-51-48-45-42-39-36-33-29-26-23-20-17-14-11-8-5-2)64-59(61)53-50-47-44-41-38-35-31-27-24-21-18-15-12-9-6-3/h7,9-10,12,16,18-19,21,25,27-28,31-32,34,38,41,57H,4-6,8,11,13-15,17,20,22-24,26,29-30,33,35-37,39-40,42-56H2,1-3H3/b10-7-,12-9-,19-16-,21-18-,28-25-,31-27-,34-32-,41-38-/t57-/m1/s1. The molecule has 0 aromatic heterocycles. The number of hydrogen-bond acceptors (Lipinski definition) is 5. The number of esters is 2. The lowest BCUT2D eigenvalue weighted by Crippen LogP contribution is -2.30. The molecular weight excluding hydrogens is 789 g/mol. The fraction of sp³-hybridized carbons (Fsp3) is 0.695. The Morgan fingerprint density at radius 3 is 1.16 bits per heavy atom. The molecule has 0 aliphatic heterocycles. The van der Waals surface area contributed by atoms with Gasteiger partial charge in [-0.1, -0.05) is 227 Å². The molecule has 0 heterocycles. The molecule has 0 amide bonds. The van der Waals surface area contributed by atoms with Crippen LogP contribution in [0.15, 0.2) is 97.2 Å². The molecule has 0 saturated heterocycles. The average molecular weight is 889 g/mol. The molecule has 0 aromatic carbocycles. The molecule has 0 aromatic rings. The van der Waals surface area contributed by atoms with E-state index in [0.717, 1.165) is 116 Å². The Balaban J connectivity index is 4.38. The van der Waals surface area contributed by atoms with Crippen molar-refractivity contribution in [1.82, 2.24) is 0 Å². The van der Waals surface area contributed by atoms with Crippen molar-refractivity contribution in [1.29, 1.82) is 0 Å². The Hall–Kier alpha value is -3.18. The van der Waals surface area contributed by atoms with Crippen molar-refractivity contribution >= 4 is 11.9 Å². The second kappa shape index (κ2) is 54.2. The van der Waals surface area contributed by atoms with Crippen molar-refractivity contribution < 1.29 is 23.8 Å². The molecule has 366 valence electrons. The molecule has 0 rings (SSSR count). The van der Waals surface area contributed by atoms with Gasteiger partial charge in [-0.05, 0) is 96.3 Å². The molecule has 64 heavy (non-hydrogen) atoms. The first kappa shape index (κ1) is 60.8. The molecule has 0 fully saturated rings. The molecule has 0 aliphatic rings. The van der Waals surface area contributed by atoms with E-state index in [1.165, 1.54) is 89.9 Å². The van der Waals surface area contributed by atoms with Gasteiger partial charge in [-0.2, -0.15) is 0 Å². The van der Waals surface area contributed by atoms with E-state index in [2.05, 4.69) is 118 Å². The van der Waals surface area contributed by atoms with Gasteiger partial charge in [0, 0.05) is 19.4 Å². The van der Waals surface area contributed by atoms with Crippen molar-refractivity contribution in [2.45, 2.75) is 245 Å². The summed E-state index contributed by atoms with van der Waals surface area (Å²) in [6, 6.07) is 0. The van der Waals surface area contributed by atoms with Crippen molar-refractivity contribution in [3.05, 3.63) is 97.2 Å². The van der Waals surface area contributed by atoms with Crippen LogP contribution in [0.5, 0.6) is 0 Å².